The third-order valence-electron chi connectivity index (χ3n) is 9.91. The normalized spacial score (nSPS) is 11.4. The van der Waals surface area contributed by atoms with Crippen molar-refractivity contribution in [2.45, 2.75) is 0 Å². The second kappa shape index (κ2) is 13.1. The quantitative estimate of drug-likeness (QED) is 0.174. The van der Waals surface area contributed by atoms with E-state index in [1.54, 1.807) is 11.3 Å². The molecule has 2 heterocycles. The summed E-state index contributed by atoms with van der Waals surface area (Å²) in [5, 5.41) is 4.94. The van der Waals surface area contributed by atoms with Gasteiger partial charge in [-0.1, -0.05) is 152 Å². The number of aromatic nitrogens is 3. The number of thiophene rings is 1. The number of rotatable bonds is 6. The molecule has 0 spiro atoms. The third kappa shape index (κ3) is 5.85. The molecule has 4 heteroatoms. The van der Waals surface area contributed by atoms with Crippen molar-refractivity contribution in [2.75, 3.05) is 0 Å². The molecule has 0 N–H and O–H groups in total. The van der Waals surface area contributed by atoms with E-state index in [1.807, 2.05) is 6.07 Å². The van der Waals surface area contributed by atoms with E-state index >= 15 is 0 Å². The van der Waals surface area contributed by atoms with Crippen LogP contribution < -0.4 is 0 Å². The lowest BCUT2D eigenvalue weighted by molar-refractivity contribution is 1.08. The largest absolute Gasteiger partial charge is 0.208 e. The molecule has 0 saturated carbocycles. The third-order valence-corrected chi connectivity index (χ3v) is 11.1. The molecule has 10 aromatic rings. The zero-order chi connectivity index (χ0) is 35.1. The maximum Gasteiger partial charge on any atom is 0.165 e. The molecule has 0 aliphatic heterocycles. The average Bonchev–Trinajstić information content (AvgIpc) is 3.63. The molecular weight excluding hydrogens is 663 g/mol. The van der Waals surface area contributed by atoms with Crippen LogP contribution >= 0.6 is 11.3 Å². The number of hydrogen-bond donors (Lipinski definition) is 0. The van der Waals surface area contributed by atoms with Gasteiger partial charge in [0.2, 0.25) is 0 Å². The smallest absolute Gasteiger partial charge is 0.165 e. The molecule has 8 aromatic carbocycles. The summed E-state index contributed by atoms with van der Waals surface area (Å²) in [6.07, 6.45) is 0. The lowest BCUT2D eigenvalue weighted by Crippen LogP contribution is -2.00. The molecule has 0 radical (unpaired) electrons. The average molecular weight is 694 g/mol. The first-order valence-electron chi connectivity index (χ1n) is 17.8. The van der Waals surface area contributed by atoms with Gasteiger partial charge in [0.1, 0.15) is 0 Å². The van der Waals surface area contributed by atoms with Gasteiger partial charge in [0.15, 0.2) is 17.5 Å². The van der Waals surface area contributed by atoms with Crippen molar-refractivity contribution >= 4 is 42.3 Å². The Morgan fingerprint density at radius 1 is 0.302 bits per heavy atom. The summed E-state index contributed by atoms with van der Waals surface area (Å²) in [4.78, 5) is 15.6. The summed E-state index contributed by atoms with van der Waals surface area (Å²) in [5.41, 5.74) is 9.77. The summed E-state index contributed by atoms with van der Waals surface area (Å²) in [5.74, 6) is 1.95. The van der Waals surface area contributed by atoms with Crippen LogP contribution in [0.2, 0.25) is 0 Å². The van der Waals surface area contributed by atoms with Crippen LogP contribution in [0.4, 0.5) is 0 Å². The van der Waals surface area contributed by atoms with E-state index < -0.39 is 0 Å². The van der Waals surface area contributed by atoms with Crippen LogP contribution in [-0.2, 0) is 0 Å². The molecule has 0 aliphatic carbocycles. The summed E-state index contributed by atoms with van der Waals surface area (Å²) in [6, 6.07) is 66.4. The van der Waals surface area contributed by atoms with Crippen LogP contribution in [0.15, 0.2) is 188 Å². The van der Waals surface area contributed by atoms with Crippen molar-refractivity contribution in [3.05, 3.63) is 188 Å². The Labute approximate surface area is 311 Å². The summed E-state index contributed by atoms with van der Waals surface area (Å²) >= 11 is 1.79. The maximum absolute atomic E-state index is 5.21. The Morgan fingerprint density at radius 3 is 1.51 bits per heavy atom. The van der Waals surface area contributed by atoms with E-state index in [0.29, 0.717) is 17.5 Å². The number of nitrogens with zero attached hydrogens (tertiary/aromatic N) is 3. The van der Waals surface area contributed by atoms with Gasteiger partial charge in [-0.25, -0.2) is 15.0 Å². The second-order valence-electron chi connectivity index (χ2n) is 13.3. The van der Waals surface area contributed by atoms with Gasteiger partial charge in [-0.2, -0.15) is 0 Å². The van der Waals surface area contributed by atoms with E-state index in [2.05, 4.69) is 182 Å². The van der Waals surface area contributed by atoms with Crippen LogP contribution in [0.3, 0.4) is 0 Å². The van der Waals surface area contributed by atoms with E-state index in [0.717, 1.165) is 38.9 Å². The van der Waals surface area contributed by atoms with Gasteiger partial charge in [-0.3, -0.25) is 0 Å². The van der Waals surface area contributed by atoms with Crippen LogP contribution in [0, 0.1) is 0 Å². The number of fused-ring (bicyclic) bond motifs is 4. The molecule has 0 bridgehead atoms. The first-order chi connectivity index (χ1) is 26.2. The summed E-state index contributed by atoms with van der Waals surface area (Å²) < 4.78 is 2.42. The van der Waals surface area contributed by atoms with Crippen LogP contribution in [-0.4, -0.2) is 15.0 Å². The lowest BCUT2D eigenvalue weighted by atomic mass is 9.96. The van der Waals surface area contributed by atoms with Gasteiger partial charge in [-0.05, 0) is 80.6 Å². The highest BCUT2D eigenvalue weighted by molar-refractivity contribution is 7.26. The van der Waals surface area contributed by atoms with Gasteiger partial charge in [0.25, 0.3) is 0 Å². The minimum atomic E-state index is 0.640. The molecular formula is C49H31N3S. The molecule has 0 aliphatic rings. The van der Waals surface area contributed by atoms with Crippen LogP contribution in [0.25, 0.3) is 98.5 Å². The van der Waals surface area contributed by atoms with Crippen molar-refractivity contribution in [1.29, 1.82) is 0 Å². The predicted octanol–water partition coefficient (Wildman–Crippen LogP) is 13.4. The highest BCUT2D eigenvalue weighted by Crippen LogP contribution is 2.40. The van der Waals surface area contributed by atoms with Crippen LogP contribution in [0.1, 0.15) is 0 Å². The summed E-state index contributed by atoms with van der Waals surface area (Å²) in [7, 11) is 0. The van der Waals surface area contributed by atoms with Gasteiger partial charge in [0.05, 0.1) is 0 Å². The number of benzene rings is 8. The van der Waals surface area contributed by atoms with Crippen molar-refractivity contribution in [3.63, 3.8) is 0 Å². The van der Waals surface area contributed by atoms with Crippen molar-refractivity contribution < 1.29 is 0 Å². The van der Waals surface area contributed by atoms with Gasteiger partial charge in [-0.15, -0.1) is 11.3 Å². The molecule has 10 rings (SSSR count). The van der Waals surface area contributed by atoms with Gasteiger partial charge < -0.3 is 0 Å². The highest BCUT2D eigenvalue weighted by atomic mass is 32.1. The maximum atomic E-state index is 5.21. The Balaban J connectivity index is 1.11. The minimum absolute atomic E-state index is 0.640. The Kier molecular flexibility index (Phi) is 7.67. The first-order valence-corrected chi connectivity index (χ1v) is 18.6. The molecule has 0 fully saturated rings. The van der Waals surface area contributed by atoms with Crippen molar-refractivity contribution in [1.82, 2.24) is 15.0 Å². The van der Waals surface area contributed by atoms with Crippen molar-refractivity contribution in [2.24, 2.45) is 0 Å². The molecule has 2 aromatic heterocycles. The van der Waals surface area contributed by atoms with E-state index in [-0.39, 0.29) is 0 Å². The molecule has 0 amide bonds. The number of hydrogen-bond acceptors (Lipinski definition) is 4. The fourth-order valence-corrected chi connectivity index (χ4v) is 8.44. The van der Waals surface area contributed by atoms with Crippen molar-refractivity contribution in [3.8, 4) is 67.5 Å². The molecule has 3 nitrogen and oxygen atoms in total. The minimum Gasteiger partial charge on any atom is -0.208 e. The molecule has 248 valence electrons. The second-order valence-corrected chi connectivity index (χ2v) is 14.3. The molecule has 0 saturated heterocycles. The van der Waals surface area contributed by atoms with E-state index in [9.17, 15) is 0 Å². The predicted molar refractivity (Wildman–Crippen MR) is 223 cm³/mol. The monoisotopic (exact) mass is 693 g/mol. The zero-order valence-electron chi connectivity index (χ0n) is 28.6. The topological polar surface area (TPSA) is 38.7 Å². The SMILES string of the molecule is c1ccc(-c2cccc(-c3nc(-c4cccc(-c5cccc(-c6ccc7ccccc7c6)c5)c4)nc(-c4cccc5c4sc4ccccc45)n3)c2)cc1. The highest BCUT2D eigenvalue weighted by Gasteiger charge is 2.17. The Bertz CT molecular complexity index is 2960. The zero-order valence-corrected chi connectivity index (χ0v) is 29.5. The van der Waals surface area contributed by atoms with Crippen LogP contribution in [0.5, 0.6) is 0 Å². The Hall–Kier alpha value is -6.75. The first kappa shape index (κ1) is 31.0. The molecule has 0 atom stereocenters. The Morgan fingerprint density at radius 2 is 0.792 bits per heavy atom. The van der Waals surface area contributed by atoms with Gasteiger partial charge >= 0.3 is 0 Å². The van der Waals surface area contributed by atoms with Gasteiger partial charge in [0, 0.05) is 36.9 Å². The van der Waals surface area contributed by atoms with E-state index in [4.69, 9.17) is 15.0 Å². The molecule has 0 unspecified atom stereocenters. The fraction of sp³-hybridized carbons (Fsp3) is 0. The fourth-order valence-electron chi connectivity index (χ4n) is 7.23. The van der Waals surface area contributed by atoms with E-state index in [1.165, 1.54) is 42.1 Å². The standard InChI is InChI=1S/C49H31N3S/c1-2-12-32(13-3-1)35-16-9-20-40(30-35)47-50-48(52-49(51-47)44-24-11-23-43-42-22-6-7-25-45(42)53-46(43)44)41-21-10-19-38(31-41)36-17-8-18-37(29-36)39-27-26-33-14-4-5-15-34(33)28-39/h1-31H. The summed E-state index contributed by atoms with van der Waals surface area (Å²) in [6.45, 7) is 0. The lowest BCUT2D eigenvalue weighted by Gasteiger charge is -2.11. The molecule has 53 heavy (non-hydrogen) atoms.